The molecule has 0 aromatic heterocycles. The summed E-state index contributed by atoms with van der Waals surface area (Å²) in [4.78, 5) is 15.1. The van der Waals surface area contributed by atoms with Crippen molar-refractivity contribution in [2.24, 2.45) is 0 Å². The van der Waals surface area contributed by atoms with E-state index in [2.05, 4.69) is 0 Å². The Bertz CT molecular complexity index is 1270. The van der Waals surface area contributed by atoms with Crippen LogP contribution in [0.5, 0.6) is 11.5 Å². The van der Waals surface area contributed by atoms with Gasteiger partial charge in [0.1, 0.15) is 11.5 Å². The maximum absolute atomic E-state index is 13.2. The summed E-state index contributed by atoms with van der Waals surface area (Å²) < 4.78 is 38.3. The van der Waals surface area contributed by atoms with Gasteiger partial charge in [0.2, 0.25) is 15.9 Å². The first-order valence-electron chi connectivity index (χ1n) is 10.8. The lowest BCUT2D eigenvalue weighted by Gasteiger charge is -2.28. The van der Waals surface area contributed by atoms with E-state index in [1.54, 1.807) is 43.4 Å². The molecule has 33 heavy (non-hydrogen) atoms. The van der Waals surface area contributed by atoms with Gasteiger partial charge in [0.15, 0.2) is 0 Å². The second kappa shape index (κ2) is 9.41. The average molecular weight is 469 g/mol. The molecule has 8 heteroatoms. The largest absolute Gasteiger partial charge is 0.497 e. The molecule has 1 heterocycles. The fourth-order valence-corrected chi connectivity index (χ4v) is 5.51. The fourth-order valence-electron chi connectivity index (χ4n) is 4.36. The molecule has 4 rings (SSSR count). The van der Waals surface area contributed by atoms with E-state index in [0.29, 0.717) is 18.0 Å². The van der Waals surface area contributed by atoms with Crippen LogP contribution in [0.1, 0.15) is 24.4 Å². The maximum atomic E-state index is 13.2. The lowest BCUT2D eigenvalue weighted by Crippen LogP contribution is -2.40. The number of carbonyl (C=O) groups excluding carboxylic acids is 1. The Balaban J connectivity index is 1.54. The monoisotopic (exact) mass is 468 g/mol. The van der Waals surface area contributed by atoms with Gasteiger partial charge in [-0.25, -0.2) is 8.42 Å². The van der Waals surface area contributed by atoms with E-state index < -0.39 is 10.0 Å². The van der Waals surface area contributed by atoms with Crippen LogP contribution < -0.4 is 9.47 Å². The van der Waals surface area contributed by atoms with Crippen LogP contribution in [-0.2, 0) is 14.8 Å². The van der Waals surface area contributed by atoms with E-state index in [-0.39, 0.29) is 23.4 Å². The molecule has 0 aliphatic carbocycles. The highest BCUT2D eigenvalue weighted by atomic mass is 32.2. The summed E-state index contributed by atoms with van der Waals surface area (Å²) in [6.45, 7) is 0.340. The molecule has 0 spiro atoms. The van der Waals surface area contributed by atoms with Crippen LogP contribution in [0, 0.1) is 0 Å². The van der Waals surface area contributed by atoms with Crippen molar-refractivity contribution in [1.82, 2.24) is 9.21 Å². The molecule has 0 saturated carbocycles. The van der Waals surface area contributed by atoms with Gasteiger partial charge >= 0.3 is 0 Å². The van der Waals surface area contributed by atoms with Crippen molar-refractivity contribution in [2.75, 3.05) is 34.4 Å². The number of sulfonamides is 1. The van der Waals surface area contributed by atoms with Crippen molar-refractivity contribution in [3.63, 3.8) is 0 Å². The highest BCUT2D eigenvalue weighted by Crippen LogP contribution is 2.38. The van der Waals surface area contributed by atoms with Gasteiger partial charge in [-0.2, -0.15) is 4.31 Å². The zero-order valence-corrected chi connectivity index (χ0v) is 19.8. The third-order valence-corrected chi connectivity index (χ3v) is 7.96. The van der Waals surface area contributed by atoms with Crippen molar-refractivity contribution in [3.05, 3.63) is 66.2 Å². The van der Waals surface area contributed by atoms with Crippen molar-refractivity contribution >= 4 is 26.7 Å². The average Bonchev–Trinajstić information content (AvgIpc) is 3.33. The number of hydrogen-bond acceptors (Lipinski definition) is 5. The molecule has 0 radical (unpaired) electrons. The van der Waals surface area contributed by atoms with Crippen LogP contribution >= 0.6 is 0 Å². The van der Waals surface area contributed by atoms with E-state index >= 15 is 0 Å². The minimum absolute atomic E-state index is 0.171. The van der Waals surface area contributed by atoms with Gasteiger partial charge in [0.05, 0.1) is 31.7 Å². The highest BCUT2D eigenvalue weighted by molar-refractivity contribution is 7.89. The predicted octanol–water partition coefficient (Wildman–Crippen LogP) is 3.84. The molecule has 3 aromatic rings. The van der Waals surface area contributed by atoms with Crippen LogP contribution in [0.15, 0.2) is 65.6 Å². The number of likely N-dealkylation sites (N-methyl/N-ethyl adjacent to an activating group) is 1. The summed E-state index contributed by atoms with van der Waals surface area (Å²) in [5.41, 5.74) is 0.893. The van der Waals surface area contributed by atoms with Crippen molar-refractivity contribution in [1.29, 1.82) is 0 Å². The van der Waals surface area contributed by atoms with Gasteiger partial charge in [-0.1, -0.05) is 30.3 Å². The van der Waals surface area contributed by atoms with E-state index in [0.717, 1.165) is 33.5 Å². The Morgan fingerprint density at radius 3 is 2.52 bits per heavy atom. The first-order valence-corrected chi connectivity index (χ1v) is 12.3. The SMILES string of the molecule is COc1ccc([C@@H]2CCCN2C(=O)CN(C)S(=O)(=O)c2ccc3ccccc3c2)c(OC)c1. The fraction of sp³-hybridized carbons (Fsp3) is 0.320. The summed E-state index contributed by atoms with van der Waals surface area (Å²) in [7, 11) is 0.807. The van der Waals surface area contributed by atoms with Gasteiger partial charge in [-0.15, -0.1) is 0 Å². The molecule has 1 fully saturated rings. The lowest BCUT2D eigenvalue weighted by atomic mass is 10.0. The second-order valence-corrected chi connectivity index (χ2v) is 10.2. The first-order chi connectivity index (χ1) is 15.8. The van der Waals surface area contributed by atoms with E-state index in [4.69, 9.17) is 9.47 Å². The molecular weight excluding hydrogens is 440 g/mol. The molecule has 7 nitrogen and oxygen atoms in total. The normalized spacial score (nSPS) is 16.4. The number of rotatable bonds is 7. The van der Waals surface area contributed by atoms with Gasteiger partial charge in [-0.3, -0.25) is 4.79 Å². The summed E-state index contributed by atoms with van der Waals surface area (Å²) in [6, 6.07) is 18.0. The van der Waals surface area contributed by atoms with Crippen molar-refractivity contribution in [2.45, 2.75) is 23.8 Å². The Morgan fingerprint density at radius 2 is 1.79 bits per heavy atom. The van der Waals surface area contributed by atoms with E-state index in [9.17, 15) is 13.2 Å². The summed E-state index contributed by atoms with van der Waals surface area (Å²) in [5, 5.41) is 1.80. The third kappa shape index (κ3) is 4.54. The molecular formula is C25H28N2O5S. The Morgan fingerprint density at radius 1 is 1.03 bits per heavy atom. The number of carbonyl (C=O) groups is 1. The zero-order valence-electron chi connectivity index (χ0n) is 19.0. The number of nitrogens with zero attached hydrogens (tertiary/aromatic N) is 2. The molecule has 1 aliphatic heterocycles. The van der Waals surface area contributed by atoms with Crippen LogP contribution in [-0.4, -0.2) is 57.9 Å². The van der Waals surface area contributed by atoms with Crippen LogP contribution in [0.3, 0.4) is 0 Å². The maximum Gasteiger partial charge on any atom is 0.243 e. The standard InChI is InChI=1S/C25H28N2O5S/c1-26(33(29,30)21-12-10-18-7-4-5-8-19(18)15-21)17-25(28)27-14-6-9-23(27)22-13-11-20(31-2)16-24(22)32-3/h4-5,7-8,10-13,15-16,23H,6,9,14,17H2,1-3H3/t23-/m0/s1. The molecule has 0 unspecified atom stereocenters. The molecule has 0 bridgehead atoms. The van der Waals surface area contributed by atoms with Gasteiger partial charge in [-0.05, 0) is 47.9 Å². The number of amides is 1. The summed E-state index contributed by atoms with van der Waals surface area (Å²) in [5.74, 6) is 1.09. The minimum atomic E-state index is -3.81. The number of ether oxygens (including phenoxy) is 2. The van der Waals surface area contributed by atoms with E-state index in [1.165, 1.54) is 7.05 Å². The molecule has 3 aromatic carbocycles. The van der Waals surface area contributed by atoms with Crippen molar-refractivity contribution < 1.29 is 22.7 Å². The number of methoxy groups -OCH3 is 2. The zero-order chi connectivity index (χ0) is 23.6. The quantitative estimate of drug-likeness (QED) is 0.527. The molecule has 174 valence electrons. The smallest absolute Gasteiger partial charge is 0.243 e. The molecule has 1 aliphatic rings. The molecule has 0 N–H and O–H groups in total. The first kappa shape index (κ1) is 23.1. The minimum Gasteiger partial charge on any atom is -0.497 e. The third-order valence-electron chi connectivity index (χ3n) is 6.16. The molecule has 1 amide bonds. The Labute approximate surface area is 194 Å². The Hall–Kier alpha value is -3.10. The highest BCUT2D eigenvalue weighted by Gasteiger charge is 2.34. The lowest BCUT2D eigenvalue weighted by molar-refractivity contribution is -0.132. The summed E-state index contributed by atoms with van der Waals surface area (Å²) in [6.07, 6.45) is 1.63. The Kier molecular flexibility index (Phi) is 6.58. The van der Waals surface area contributed by atoms with Gasteiger partial charge in [0, 0.05) is 25.2 Å². The number of benzene rings is 3. The second-order valence-electron chi connectivity index (χ2n) is 8.12. The van der Waals surface area contributed by atoms with Gasteiger partial charge < -0.3 is 14.4 Å². The van der Waals surface area contributed by atoms with Crippen LogP contribution in [0.25, 0.3) is 10.8 Å². The van der Waals surface area contributed by atoms with Crippen molar-refractivity contribution in [3.8, 4) is 11.5 Å². The molecule has 1 saturated heterocycles. The van der Waals surface area contributed by atoms with Crippen LogP contribution in [0.2, 0.25) is 0 Å². The predicted molar refractivity (Wildman–Crippen MR) is 127 cm³/mol. The molecule has 1 atom stereocenters. The number of hydrogen-bond donors (Lipinski definition) is 0. The number of likely N-dealkylation sites (tertiary alicyclic amines) is 1. The number of fused-ring (bicyclic) bond motifs is 1. The topological polar surface area (TPSA) is 76.2 Å². The van der Waals surface area contributed by atoms with E-state index in [1.807, 2.05) is 36.4 Å². The summed E-state index contributed by atoms with van der Waals surface area (Å²) >= 11 is 0. The van der Waals surface area contributed by atoms with Gasteiger partial charge in [0.25, 0.3) is 0 Å². The van der Waals surface area contributed by atoms with Crippen LogP contribution in [0.4, 0.5) is 0 Å².